The van der Waals surface area contributed by atoms with Gasteiger partial charge in [0.05, 0.1) is 0 Å². The molecule has 2 N–H and O–H groups in total. The maximum atomic E-state index is 11.7. The molecule has 0 radical (unpaired) electrons. The summed E-state index contributed by atoms with van der Waals surface area (Å²) >= 11 is 0.0482. The number of alkyl halides is 3. The summed E-state index contributed by atoms with van der Waals surface area (Å²) < 4.78 is 35.1. The Balaban J connectivity index is 3.42. The van der Waals surface area contributed by atoms with E-state index in [-0.39, 0.29) is 29.5 Å². The van der Waals surface area contributed by atoms with Gasteiger partial charge in [-0.05, 0) is 25.7 Å². The van der Waals surface area contributed by atoms with Crippen LogP contribution in [0.2, 0.25) is 0 Å². The Morgan fingerprint density at radius 1 is 1.31 bits per heavy atom. The van der Waals surface area contributed by atoms with Gasteiger partial charge in [0.2, 0.25) is 0 Å². The highest BCUT2D eigenvalue weighted by atomic mass is 32.2. The van der Waals surface area contributed by atoms with Crippen LogP contribution in [0.1, 0.15) is 26.7 Å². The summed E-state index contributed by atoms with van der Waals surface area (Å²) in [6, 6.07) is 0.0749. The van der Waals surface area contributed by atoms with E-state index in [0.29, 0.717) is 6.42 Å². The number of halogens is 3. The molecular weight excluding hydrogens is 199 g/mol. The number of thioether (sulfide) groups is 1. The second-order valence-corrected chi connectivity index (χ2v) is 4.56. The van der Waals surface area contributed by atoms with Crippen LogP contribution >= 0.6 is 11.8 Å². The van der Waals surface area contributed by atoms with Crippen LogP contribution in [0.25, 0.3) is 0 Å². The predicted octanol–water partition coefficient (Wildman–Crippen LogP) is 3.00. The zero-order valence-corrected chi connectivity index (χ0v) is 8.71. The van der Waals surface area contributed by atoms with Crippen LogP contribution < -0.4 is 5.73 Å². The lowest BCUT2D eigenvalue weighted by Gasteiger charge is -2.13. The van der Waals surface area contributed by atoms with Crippen LogP contribution in [0.3, 0.4) is 0 Å². The lowest BCUT2D eigenvalue weighted by Crippen LogP contribution is -2.18. The van der Waals surface area contributed by atoms with Crippen molar-refractivity contribution in [3.8, 4) is 0 Å². The molecule has 0 fully saturated rings. The smallest absolute Gasteiger partial charge is 0.328 e. The van der Waals surface area contributed by atoms with Crippen LogP contribution in [0.5, 0.6) is 0 Å². The van der Waals surface area contributed by atoms with Crippen molar-refractivity contribution in [1.82, 2.24) is 0 Å². The van der Waals surface area contributed by atoms with E-state index in [9.17, 15) is 13.2 Å². The fourth-order valence-electron chi connectivity index (χ4n) is 1.13. The third-order valence-electron chi connectivity index (χ3n) is 1.65. The van der Waals surface area contributed by atoms with Gasteiger partial charge in [0.1, 0.15) is 0 Å². The fourth-order valence-corrected chi connectivity index (χ4v) is 1.88. The van der Waals surface area contributed by atoms with E-state index in [2.05, 4.69) is 0 Å². The second kappa shape index (κ2) is 5.75. The Bertz CT molecular complexity index is 136. The van der Waals surface area contributed by atoms with E-state index in [4.69, 9.17) is 5.73 Å². The highest BCUT2D eigenvalue weighted by molar-refractivity contribution is 8.00. The Kier molecular flexibility index (Phi) is 5.80. The maximum Gasteiger partial charge on any atom is 0.441 e. The standard InChI is InChI=1S/C8H16F3NS/c1-6(5-7(2)12)3-4-13-8(9,10)11/h6-7H,3-5,12H2,1-2H3. The summed E-state index contributed by atoms with van der Waals surface area (Å²) in [6.07, 6.45) is 1.37. The molecule has 0 amide bonds. The van der Waals surface area contributed by atoms with Crippen molar-refractivity contribution < 1.29 is 13.2 Å². The van der Waals surface area contributed by atoms with Gasteiger partial charge in [-0.3, -0.25) is 0 Å². The maximum absolute atomic E-state index is 11.7. The van der Waals surface area contributed by atoms with E-state index in [0.717, 1.165) is 6.42 Å². The Morgan fingerprint density at radius 3 is 2.23 bits per heavy atom. The molecule has 2 unspecified atom stereocenters. The van der Waals surface area contributed by atoms with Gasteiger partial charge in [-0.2, -0.15) is 13.2 Å². The molecule has 0 heterocycles. The van der Waals surface area contributed by atoms with E-state index in [1.54, 1.807) is 0 Å². The normalized spacial score (nSPS) is 17.1. The first-order valence-electron chi connectivity index (χ1n) is 4.27. The molecule has 0 aliphatic heterocycles. The molecule has 80 valence electrons. The van der Waals surface area contributed by atoms with Crippen LogP contribution in [-0.4, -0.2) is 17.3 Å². The Hall–Kier alpha value is 0.100. The molecule has 1 nitrogen and oxygen atoms in total. The number of hydrogen-bond donors (Lipinski definition) is 1. The molecule has 13 heavy (non-hydrogen) atoms. The van der Waals surface area contributed by atoms with Crippen molar-refractivity contribution in [2.24, 2.45) is 11.7 Å². The zero-order chi connectivity index (χ0) is 10.5. The van der Waals surface area contributed by atoms with Gasteiger partial charge in [-0.25, -0.2) is 0 Å². The lowest BCUT2D eigenvalue weighted by molar-refractivity contribution is -0.0328. The summed E-state index contributed by atoms with van der Waals surface area (Å²) in [5.41, 5.74) is 1.43. The van der Waals surface area contributed by atoms with Crippen LogP contribution in [0.4, 0.5) is 13.2 Å². The zero-order valence-electron chi connectivity index (χ0n) is 7.90. The van der Waals surface area contributed by atoms with Crippen LogP contribution in [-0.2, 0) is 0 Å². The van der Waals surface area contributed by atoms with Crippen molar-refractivity contribution in [2.45, 2.75) is 38.2 Å². The van der Waals surface area contributed by atoms with Crippen molar-refractivity contribution in [1.29, 1.82) is 0 Å². The van der Waals surface area contributed by atoms with Gasteiger partial charge in [-0.15, -0.1) is 0 Å². The minimum Gasteiger partial charge on any atom is -0.328 e. The van der Waals surface area contributed by atoms with Gasteiger partial charge < -0.3 is 5.73 Å². The highest BCUT2D eigenvalue weighted by Gasteiger charge is 2.27. The molecule has 0 bridgehead atoms. The third kappa shape index (κ3) is 10.0. The molecular formula is C8H16F3NS. The molecule has 0 spiro atoms. The third-order valence-corrected chi connectivity index (χ3v) is 2.42. The molecule has 0 aromatic heterocycles. The first kappa shape index (κ1) is 13.1. The summed E-state index contributed by atoms with van der Waals surface area (Å²) in [4.78, 5) is 0. The Morgan fingerprint density at radius 2 is 1.85 bits per heavy atom. The van der Waals surface area contributed by atoms with E-state index >= 15 is 0 Å². The van der Waals surface area contributed by atoms with Gasteiger partial charge in [0.15, 0.2) is 0 Å². The molecule has 5 heteroatoms. The van der Waals surface area contributed by atoms with Crippen molar-refractivity contribution >= 4 is 11.8 Å². The monoisotopic (exact) mass is 215 g/mol. The van der Waals surface area contributed by atoms with Crippen LogP contribution in [0, 0.1) is 5.92 Å². The quantitative estimate of drug-likeness (QED) is 0.763. The molecule has 0 rings (SSSR count). The van der Waals surface area contributed by atoms with Crippen molar-refractivity contribution in [3.63, 3.8) is 0 Å². The topological polar surface area (TPSA) is 26.0 Å². The lowest BCUT2D eigenvalue weighted by atomic mass is 10.0. The van der Waals surface area contributed by atoms with Crippen LogP contribution in [0.15, 0.2) is 0 Å². The average molecular weight is 215 g/mol. The SMILES string of the molecule is CC(N)CC(C)CCSC(F)(F)F. The summed E-state index contributed by atoms with van der Waals surface area (Å²) in [5.74, 6) is 0.409. The first-order chi connectivity index (χ1) is 5.81. The molecule has 0 aliphatic carbocycles. The molecule has 2 atom stereocenters. The first-order valence-corrected chi connectivity index (χ1v) is 5.26. The summed E-state index contributed by atoms with van der Waals surface area (Å²) in [7, 11) is 0. The van der Waals surface area contributed by atoms with Gasteiger partial charge >= 0.3 is 5.51 Å². The highest BCUT2D eigenvalue weighted by Crippen LogP contribution is 2.31. The predicted molar refractivity (Wildman–Crippen MR) is 50.6 cm³/mol. The van der Waals surface area contributed by atoms with Crippen molar-refractivity contribution in [2.75, 3.05) is 5.75 Å². The molecule has 0 aliphatic rings. The largest absolute Gasteiger partial charge is 0.441 e. The molecule has 0 saturated carbocycles. The molecule has 0 aromatic carbocycles. The number of rotatable bonds is 5. The average Bonchev–Trinajstić information content (AvgIpc) is 1.81. The minimum atomic E-state index is -4.09. The van der Waals surface area contributed by atoms with E-state index in [1.807, 2.05) is 13.8 Å². The van der Waals surface area contributed by atoms with E-state index < -0.39 is 5.51 Å². The number of hydrogen-bond acceptors (Lipinski definition) is 2. The van der Waals surface area contributed by atoms with Crippen molar-refractivity contribution in [3.05, 3.63) is 0 Å². The minimum absolute atomic E-state index is 0.0482. The van der Waals surface area contributed by atoms with Gasteiger partial charge in [0, 0.05) is 11.8 Å². The van der Waals surface area contributed by atoms with Gasteiger partial charge in [-0.1, -0.05) is 18.7 Å². The van der Waals surface area contributed by atoms with E-state index in [1.165, 1.54) is 0 Å². The second-order valence-electron chi connectivity index (χ2n) is 3.40. The van der Waals surface area contributed by atoms with Gasteiger partial charge in [0.25, 0.3) is 0 Å². The number of nitrogens with two attached hydrogens (primary N) is 1. The molecule has 0 saturated heterocycles. The summed E-state index contributed by atoms with van der Waals surface area (Å²) in [6.45, 7) is 3.80. The summed E-state index contributed by atoms with van der Waals surface area (Å²) in [5, 5.41) is 0. The Labute approximate surface area is 81.3 Å². The fraction of sp³-hybridized carbons (Fsp3) is 1.00. The molecule has 0 aromatic rings.